The van der Waals surface area contributed by atoms with Crippen molar-refractivity contribution in [3.8, 4) is 17.0 Å². The fourth-order valence-corrected chi connectivity index (χ4v) is 3.08. The molecule has 5 nitrogen and oxygen atoms in total. The van der Waals surface area contributed by atoms with Gasteiger partial charge in [0, 0.05) is 29.8 Å². The number of amides is 1. The predicted molar refractivity (Wildman–Crippen MR) is 117 cm³/mol. The Labute approximate surface area is 175 Å². The van der Waals surface area contributed by atoms with Crippen LogP contribution in [0.2, 0.25) is 0 Å². The van der Waals surface area contributed by atoms with Crippen molar-refractivity contribution in [3.63, 3.8) is 0 Å². The third-order valence-corrected chi connectivity index (χ3v) is 4.73. The first kappa shape index (κ1) is 19.3. The summed E-state index contributed by atoms with van der Waals surface area (Å²) < 4.78 is 5.96. The minimum Gasteiger partial charge on any atom is -0.472 e. The van der Waals surface area contributed by atoms with Crippen molar-refractivity contribution in [2.45, 2.75) is 13.5 Å². The molecule has 0 aliphatic rings. The molecule has 0 unspecified atom stereocenters. The zero-order chi connectivity index (χ0) is 20.8. The van der Waals surface area contributed by atoms with Crippen molar-refractivity contribution >= 4 is 11.6 Å². The third kappa shape index (κ3) is 4.52. The zero-order valence-electron chi connectivity index (χ0n) is 16.6. The molecule has 4 rings (SSSR count). The van der Waals surface area contributed by atoms with E-state index in [9.17, 15) is 4.79 Å². The molecule has 0 atom stereocenters. The normalized spacial score (nSPS) is 10.4. The second-order valence-electron chi connectivity index (χ2n) is 6.85. The maximum atomic E-state index is 12.5. The first-order chi connectivity index (χ1) is 14.7. The molecule has 0 radical (unpaired) electrons. The van der Waals surface area contributed by atoms with E-state index >= 15 is 0 Å². The number of nitrogens with one attached hydrogen (secondary N) is 1. The first-order valence-electron chi connectivity index (χ1n) is 9.65. The topological polar surface area (TPSA) is 64.1 Å². The molecule has 1 amide bonds. The molecule has 148 valence electrons. The zero-order valence-corrected chi connectivity index (χ0v) is 16.6. The lowest BCUT2D eigenvalue weighted by atomic mass is 10.1. The molecule has 2 heterocycles. The van der Waals surface area contributed by atoms with Gasteiger partial charge in [-0.25, -0.2) is 4.98 Å². The number of hydrogen-bond donors (Lipinski definition) is 1. The molecule has 0 spiro atoms. The van der Waals surface area contributed by atoms with E-state index in [-0.39, 0.29) is 5.91 Å². The minimum atomic E-state index is -0.179. The van der Waals surface area contributed by atoms with E-state index in [1.807, 2.05) is 79.7 Å². The molecule has 2 aromatic carbocycles. The number of carbonyl (C=O) groups is 1. The number of benzene rings is 2. The van der Waals surface area contributed by atoms with Crippen molar-refractivity contribution in [2.75, 3.05) is 5.32 Å². The van der Waals surface area contributed by atoms with Gasteiger partial charge in [0.1, 0.15) is 6.61 Å². The quantitative estimate of drug-likeness (QED) is 0.482. The van der Waals surface area contributed by atoms with Crippen molar-refractivity contribution in [1.82, 2.24) is 9.97 Å². The van der Waals surface area contributed by atoms with Gasteiger partial charge in [-0.3, -0.25) is 9.78 Å². The van der Waals surface area contributed by atoms with Crippen molar-refractivity contribution in [3.05, 3.63) is 108 Å². The monoisotopic (exact) mass is 395 g/mol. The van der Waals surface area contributed by atoms with Gasteiger partial charge in [0.05, 0.1) is 5.56 Å². The molecule has 0 saturated carbocycles. The highest BCUT2D eigenvalue weighted by Crippen LogP contribution is 2.29. The fraction of sp³-hybridized carbons (Fsp3) is 0.0800. The van der Waals surface area contributed by atoms with Gasteiger partial charge < -0.3 is 10.1 Å². The van der Waals surface area contributed by atoms with E-state index in [4.69, 9.17) is 4.74 Å². The van der Waals surface area contributed by atoms with Crippen LogP contribution >= 0.6 is 0 Å². The van der Waals surface area contributed by atoms with Crippen LogP contribution in [0, 0.1) is 6.92 Å². The lowest BCUT2D eigenvalue weighted by molar-refractivity contribution is 0.102. The van der Waals surface area contributed by atoms with Gasteiger partial charge >= 0.3 is 0 Å². The molecule has 30 heavy (non-hydrogen) atoms. The van der Waals surface area contributed by atoms with Crippen LogP contribution < -0.4 is 10.1 Å². The summed E-state index contributed by atoms with van der Waals surface area (Å²) in [6, 6.07) is 23.3. The summed E-state index contributed by atoms with van der Waals surface area (Å²) in [7, 11) is 0. The van der Waals surface area contributed by atoms with Crippen molar-refractivity contribution in [2.24, 2.45) is 0 Å². The number of carbonyl (C=O) groups excluding carboxylic acids is 1. The van der Waals surface area contributed by atoms with E-state index in [0.717, 1.165) is 22.3 Å². The number of anilines is 1. The molecule has 5 heteroatoms. The Hall–Kier alpha value is -3.99. The maximum absolute atomic E-state index is 12.5. The third-order valence-electron chi connectivity index (χ3n) is 4.73. The summed E-state index contributed by atoms with van der Waals surface area (Å²) in [6.45, 7) is 2.34. The van der Waals surface area contributed by atoms with Gasteiger partial charge in [-0.1, -0.05) is 42.5 Å². The van der Waals surface area contributed by atoms with E-state index in [1.54, 1.807) is 18.6 Å². The summed E-state index contributed by atoms with van der Waals surface area (Å²) in [5.41, 5.74) is 5.09. The summed E-state index contributed by atoms with van der Waals surface area (Å²) >= 11 is 0. The standard InChI is InChI=1S/C25H21N3O2/c1-18-13-15-26-16-23(18)24(29)28-21-11-9-20(10-12-21)22-8-5-14-27-25(22)30-17-19-6-3-2-4-7-19/h2-16H,17H2,1H3,(H,28,29). The van der Waals surface area contributed by atoms with Crippen LogP contribution in [0.5, 0.6) is 5.88 Å². The number of nitrogens with zero attached hydrogens (tertiary/aromatic N) is 2. The number of hydrogen-bond acceptors (Lipinski definition) is 4. The summed E-state index contributed by atoms with van der Waals surface area (Å²) in [5.74, 6) is 0.394. The summed E-state index contributed by atoms with van der Waals surface area (Å²) in [5, 5.41) is 2.91. The van der Waals surface area contributed by atoms with Gasteiger partial charge in [-0.15, -0.1) is 0 Å². The Kier molecular flexibility index (Phi) is 5.80. The number of pyridine rings is 2. The Morgan fingerprint density at radius 2 is 1.73 bits per heavy atom. The van der Waals surface area contributed by atoms with Crippen LogP contribution in [-0.2, 0) is 6.61 Å². The second kappa shape index (κ2) is 9.01. The van der Waals surface area contributed by atoms with E-state index in [0.29, 0.717) is 23.7 Å². The molecule has 0 aliphatic heterocycles. The van der Waals surface area contributed by atoms with Crippen molar-refractivity contribution in [1.29, 1.82) is 0 Å². The van der Waals surface area contributed by atoms with Crippen molar-refractivity contribution < 1.29 is 9.53 Å². The molecule has 0 aliphatic carbocycles. The number of rotatable bonds is 6. The molecule has 0 bridgehead atoms. The van der Waals surface area contributed by atoms with E-state index in [2.05, 4.69) is 15.3 Å². The highest BCUT2D eigenvalue weighted by atomic mass is 16.5. The lowest BCUT2D eigenvalue weighted by Crippen LogP contribution is -2.13. The molecule has 2 aromatic heterocycles. The fourth-order valence-electron chi connectivity index (χ4n) is 3.08. The van der Waals surface area contributed by atoms with E-state index in [1.165, 1.54) is 0 Å². The van der Waals surface area contributed by atoms with Crippen LogP contribution in [-0.4, -0.2) is 15.9 Å². The molecule has 0 saturated heterocycles. The maximum Gasteiger partial charge on any atom is 0.257 e. The lowest BCUT2D eigenvalue weighted by Gasteiger charge is -2.11. The molecular weight excluding hydrogens is 374 g/mol. The van der Waals surface area contributed by atoms with Crippen LogP contribution in [0.3, 0.4) is 0 Å². The Morgan fingerprint density at radius 3 is 2.50 bits per heavy atom. The Balaban J connectivity index is 1.49. The van der Waals surface area contributed by atoms with Crippen LogP contribution in [0.15, 0.2) is 91.4 Å². The van der Waals surface area contributed by atoms with Gasteiger partial charge in [0.25, 0.3) is 5.91 Å². The molecular formula is C25H21N3O2. The Morgan fingerprint density at radius 1 is 0.933 bits per heavy atom. The van der Waals surface area contributed by atoms with Crippen LogP contribution in [0.25, 0.3) is 11.1 Å². The largest absolute Gasteiger partial charge is 0.472 e. The van der Waals surface area contributed by atoms with Gasteiger partial charge in [0.15, 0.2) is 0 Å². The summed E-state index contributed by atoms with van der Waals surface area (Å²) in [4.78, 5) is 20.9. The van der Waals surface area contributed by atoms with Crippen LogP contribution in [0.4, 0.5) is 5.69 Å². The molecule has 4 aromatic rings. The average molecular weight is 395 g/mol. The minimum absolute atomic E-state index is 0.179. The predicted octanol–water partition coefficient (Wildman–Crippen LogP) is 5.28. The number of aromatic nitrogens is 2. The first-order valence-corrected chi connectivity index (χ1v) is 9.65. The average Bonchev–Trinajstić information content (AvgIpc) is 2.79. The highest BCUT2D eigenvalue weighted by molar-refractivity contribution is 6.05. The second-order valence-corrected chi connectivity index (χ2v) is 6.85. The Bertz CT molecular complexity index is 1140. The highest BCUT2D eigenvalue weighted by Gasteiger charge is 2.11. The molecule has 0 fully saturated rings. The number of ether oxygens (including phenoxy) is 1. The number of aryl methyl sites for hydroxylation is 1. The van der Waals surface area contributed by atoms with Crippen LogP contribution in [0.1, 0.15) is 21.5 Å². The smallest absolute Gasteiger partial charge is 0.257 e. The summed E-state index contributed by atoms with van der Waals surface area (Å²) in [6.07, 6.45) is 4.96. The van der Waals surface area contributed by atoms with Gasteiger partial charge in [-0.05, 0) is 53.9 Å². The van der Waals surface area contributed by atoms with E-state index < -0.39 is 0 Å². The van der Waals surface area contributed by atoms with Gasteiger partial charge in [-0.2, -0.15) is 0 Å². The van der Waals surface area contributed by atoms with Gasteiger partial charge in [0.2, 0.25) is 5.88 Å². The molecule has 1 N–H and O–H groups in total. The SMILES string of the molecule is Cc1ccncc1C(=O)Nc1ccc(-c2cccnc2OCc2ccccc2)cc1.